The Labute approximate surface area is 126 Å². The van der Waals surface area contributed by atoms with Crippen molar-refractivity contribution < 1.29 is 14.7 Å². The van der Waals surface area contributed by atoms with Crippen molar-refractivity contribution in [2.24, 2.45) is 0 Å². The van der Waals surface area contributed by atoms with Crippen molar-refractivity contribution in [3.8, 4) is 5.75 Å². The SMILES string of the molecule is O=C1CSC(=O)N1C(c1ccccc1)c1ccc(O)cc1. The third-order valence-corrected chi connectivity index (χ3v) is 4.20. The number of phenols is 1. The van der Waals surface area contributed by atoms with Crippen molar-refractivity contribution in [3.63, 3.8) is 0 Å². The molecule has 4 nitrogen and oxygen atoms in total. The Balaban J connectivity index is 2.09. The summed E-state index contributed by atoms with van der Waals surface area (Å²) in [5.74, 6) is 0.145. The molecule has 0 aromatic heterocycles. The molecule has 1 N–H and O–H groups in total. The van der Waals surface area contributed by atoms with E-state index < -0.39 is 6.04 Å². The smallest absolute Gasteiger partial charge is 0.289 e. The van der Waals surface area contributed by atoms with Crippen molar-refractivity contribution in [2.75, 3.05) is 5.75 Å². The summed E-state index contributed by atoms with van der Waals surface area (Å²) in [6.07, 6.45) is 0. The molecule has 0 aliphatic carbocycles. The van der Waals surface area contributed by atoms with E-state index in [4.69, 9.17) is 0 Å². The van der Waals surface area contributed by atoms with Crippen LogP contribution >= 0.6 is 11.8 Å². The molecule has 1 aliphatic heterocycles. The maximum Gasteiger partial charge on any atom is 0.289 e. The molecule has 3 rings (SSSR count). The molecule has 0 bridgehead atoms. The molecule has 1 saturated heterocycles. The van der Waals surface area contributed by atoms with Gasteiger partial charge in [-0.25, -0.2) is 0 Å². The van der Waals surface area contributed by atoms with E-state index in [9.17, 15) is 14.7 Å². The normalized spacial score (nSPS) is 16.3. The highest BCUT2D eigenvalue weighted by atomic mass is 32.2. The van der Waals surface area contributed by atoms with Gasteiger partial charge >= 0.3 is 0 Å². The van der Waals surface area contributed by atoms with Crippen molar-refractivity contribution in [1.82, 2.24) is 4.90 Å². The quantitative estimate of drug-likeness (QED) is 0.945. The van der Waals surface area contributed by atoms with Crippen LogP contribution in [-0.4, -0.2) is 26.9 Å². The standard InChI is InChI=1S/C16H13NO3S/c18-13-8-6-12(7-9-13)15(11-4-2-1-3-5-11)17-14(19)10-21-16(17)20/h1-9,15,18H,10H2. The molecule has 0 spiro atoms. The lowest BCUT2D eigenvalue weighted by atomic mass is 9.97. The van der Waals surface area contributed by atoms with Crippen molar-refractivity contribution in [1.29, 1.82) is 0 Å². The monoisotopic (exact) mass is 299 g/mol. The minimum absolute atomic E-state index is 0.152. The molecule has 106 valence electrons. The lowest BCUT2D eigenvalue weighted by Crippen LogP contribution is -2.33. The molecule has 21 heavy (non-hydrogen) atoms. The van der Waals surface area contributed by atoms with E-state index in [1.54, 1.807) is 24.3 Å². The van der Waals surface area contributed by atoms with E-state index in [-0.39, 0.29) is 22.6 Å². The summed E-state index contributed by atoms with van der Waals surface area (Å²) in [7, 11) is 0. The van der Waals surface area contributed by atoms with Gasteiger partial charge in [0.15, 0.2) is 0 Å². The Morgan fingerprint density at radius 3 is 2.14 bits per heavy atom. The molecule has 5 heteroatoms. The van der Waals surface area contributed by atoms with Gasteiger partial charge in [-0.05, 0) is 23.3 Å². The number of thioether (sulfide) groups is 1. The lowest BCUT2D eigenvalue weighted by molar-refractivity contribution is -0.125. The average Bonchev–Trinajstić information content (AvgIpc) is 2.83. The zero-order valence-corrected chi connectivity index (χ0v) is 11.9. The number of benzene rings is 2. The molecule has 0 radical (unpaired) electrons. The first kappa shape index (κ1) is 13.7. The van der Waals surface area contributed by atoms with Crippen LogP contribution in [0.15, 0.2) is 54.6 Å². The number of imide groups is 1. The summed E-state index contributed by atoms with van der Waals surface area (Å²) >= 11 is 1.02. The van der Waals surface area contributed by atoms with Crippen LogP contribution in [0.3, 0.4) is 0 Å². The van der Waals surface area contributed by atoms with Gasteiger partial charge in [0, 0.05) is 0 Å². The lowest BCUT2D eigenvalue weighted by Gasteiger charge is -2.26. The first-order valence-corrected chi connectivity index (χ1v) is 7.48. The number of carbonyl (C=O) groups is 2. The van der Waals surface area contributed by atoms with Gasteiger partial charge in [-0.1, -0.05) is 54.2 Å². The molecule has 2 amide bonds. The van der Waals surface area contributed by atoms with Crippen LogP contribution in [0, 0.1) is 0 Å². The average molecular weight is 299 g/mol. The molecule has 1 heterocycles. The first-order valence-electron chi connectivity index (χ1n) is 6.49. The predicted molar refractivity (Wildman–Crippen MR) is 81.1 cm³/mol. The van der Waals surface area contributed by atoms with Crippen LogP contribution in [0.4, 0.5) is 4.79 Å². The van der Waals surface area contributed by atoms with Crippen molar-refractivity contribution in [3.05, 3.63) is 65.7 Å². The number of carbonyl (C=O) groups excluding carboxylic acids is 2. The summed E-state index contributed by atoms with van der Waals surface area (Å²) in [4.78, 5) is 25.4. The Morgan fingerprint density at radius 1 is 0.952 bits per heavy atom. The van der Waals surface area contributed by atoms with Crippen molar-refractivity contribution >= 4 is 22.9 Å². The zero-order valence-electron chi connectivity index (χ0n) is 11.1. The third-order valence-electron chi connectivity index (χ3n) is 3.37. The summed E-state index contributed by atoms with van der Waals surface area (Å²) < 4.78 is 0. The van der Waals surface area contributed by atoms with Crippen LogP contribution in [-0.2, 0) is 4.79 Å². The molecule has 1 unspecified atom stereocenters. The van der Waals surface area contributed by atoms with Gasteiger partial charge in [-0.3, -0.25) is 14.5 Å². The fourth-order valence-electron chi connectivity index (χ4n) is 2.40. The van der Waals surface area contributed by atoms with Crippen molar-refractivity contribution in [2.45, 2.75) is 6.04 Å². The van der Waals surface area contributed by atoms with E-state index in [1.807, 2.05) is 30.3 Å². The summed E-state index contributed by atoms with van der Waals surface area (Å²) in [5.41, 5.74) is 1.66. The third kappa shape index (κ3) is 2.64. The largest absolute Gasteiger partial charge is 0.508 e. The number of amides is 2. The highest BCUT2D eigenvalue weighted by molar-refractivity contribution is 8.14. The van der Waals surface area contributed by atoms with Gasteiger partial charge in [0.1, 0.15) is 5.75 Å². The van der Waals surface area contributed by atoms with E-state index in [2.05, 4.69) is 0 Å². The second-order valence-electron chi connectivity index (χ2n) is 4.72. The Bertz CT molecular complexity index is 654. The number of hydrogen-bond acceptors (Lipinski definition) is 4. The van der Waals surface area contributed by atoms with E-state index >= 15 is 0 Å². The minimum atomic E-state index is -0.457. The van der Waals surface area contributed by atoms with Gasteiger partial charge in [-0.2, -0.15) is 0 Å². The number of nitrogens with zero attached hydrogens (tertiary/aromatic N) is 1. The second-order valence-corrected chi connectivity index (χ2v) is 5.65. The van der Waals surface area contributed by atoms with Gasteiger partial charge < -0.3 is 5.11 Å². The van der Waals surface area contributed by atoms with Crippen LogP contribution in [0.25, 0.3) is 0 Å². The van der Waals surface area contributed by atoms with Crippen LogP contribution in [0.1, 0.15) is 17.2 Å². The fraction of sp³-hybridized carbons (Fsp3) is 0.125. The van der Waals surface area contributed by atoms with E-state index in [1.165, 1.54) is 4.90 Å². The molecular formula is C16H13NO3S. The predicted octanol–water partition coefficient (Wildman–Crippen LogP) is 3.18. The highest BCUT2D eigenvalue weighted by Crippen LogP contribution is 2.35. The topological polar surface area (TPSA) is 57.6 Å². The number of phenolic OH excluding ortho intramolecular Hbond substituents is 1. The first-order chi connectivity index (χ1) is 10.2. The maximum atomic E-state index is 12.1. The Hall–Kier alpha value is -2.27. The van der Waals surface area contributed by atoms with Crippen LogP contribution in [0.2, 0.25) is 0 Å². The molecule has 1 atom stereocenters. The minimum Gasteiger partial charge on any atom is -0.508 e. The summed E-state index contributed by atoms with van der Waals surface area (Å²) in [5, 5.41) is 9.19. The van der Waals surface area contributed by atoms with Gasteiger partial charge in [0.05, 0.1) is 11.8 Å². The zero-order chi connectivity index (χ0) is 14.8. The van der Waals surface area contributed by atoms with Crippen LogP contribution in [0.5, 0.6) is 5.75 Å². The molecule has 2 aromatic carbocycles. The highest BCUT2D eigenvalue weighted by Gasteiger charge is 2.37. The van der Waals surface area contributed by atoms with Gasteiger partial charge in [0.2, 0.25) is 5.91 Å². The molecule has 2 aromatic rings. The number of aromatic hydroxyl groups is 1. The Kier molecular flexibility index (Phi) is 3.66. The summed E-state index contributed by atoms with van der Waals surface area (Å²) in [6.45, 7) is 0. The molecule has 1 fully saturated rings. The fourth-order valence-corrected chi connectivity index (χ4v) is 3.13. The van der Waals surface area contributed by atoms with Gasteiger partial charge in [0.25, 0.3) is 5.24 Å². The van der Waals surface area contributed by atoms with E-state index in [0.29, 0.717) is 0 Å². The molecular weight excluding hydrogens is 286 g/mol. The second kappa shape index (κ2) is 5.61. The van der Waals surface area contributed by atoms with E-state index in [0.717, 1.165) is 22.9 Å². The molecule has 1 aliphatic rings. The number of rotatable bonds is 3. The molecule has 0 saturated carbocycles. The Morgan fingerprint density at radius 2 is 1.57 bits per heavy atom. The number of hydrogen-bond donors (Lipinski definition) is 1. The van der Waals surface area contributed by atoms with Crippen LogP contribution < -0.4 is 0 Å². The summed E-state index contributed by atoms with van der Waals surface area (Å²) in [6, 6.07) is 15.5. The van der Waals surface area contributed by atoms with Gasteiger partial charge in [-0.15, -0.1) is 0 Å². The maximum absolute atomic E-state index is 12.1.